The maximum atomic E-state index is 8.52. The van der Waals surface area contributed by atoms with Crippen molar-refractivity contribution < 1.29 is 5.11 Å². The van der Waals surface area contributed by atoms with E-state index in [9.17, 15) is 0 Å². The van der Waals surface area contributed by atoms with Gasteiger partial charge in [0.1, 0.15) is 0 Å². The van der Waals surface area contributed by atoms with Gasteiger partial charge in [0, 0.05) is 6.21 Å². The number of hydrogen-bond acceptors (Lipinski definition) is 3. The van der Waals surface area contributed by atoms with Crippen molar-refractivity contribution in [2.24, 2.45) is 5.10 Å². The van der Waals surface area contributed by atoms with E-state index in [2.05, 4.69) is 10.5 Å². The van der Waals surface area contributed by atoms with Gasteiger partial charge in [-0.2, -0.15) is 5.10 Å². The van der Waals surface area contributed by atoms with Gasteiger partial charge < -0.3 is 10.5 Å². The average molecular weight is 204 g/mol. The van der Waals surface area contributed by atoms with Crippen LogP contribution in [0.4, 0.5) is 0 Å². The normalized spacial score (nSPS) is 12.0. The Bertz CT molecular complexity index is 331. The Kier molecular flexibility index (Phi) is 5.19. The smallest absolute Gasteiger partial charge is 0.0620 e. The summed E-state index contributed by atoms with van der Waals surface area (Å²) in [5.41, 5.74) is 4.95. The molecule has 0 atom stereocenters. The van der Waals surface area contributed by atoms with E-state index in [-0.39, 0.29) is 6.61 Å². The monoisotopic (exact) mass is 204 g/mol. The van der Waals surface area contributed by atoms with Crippen molar-refractivity contribution in [2.75, 3.05) is 13.2 Å². The average Bonchev–Trinajstić information content (AvgIpc) is 2.26. The Hall–Kier alpha value is -1.61. The second-order valence-electron chi connectivity index (χ2n) is 3.19. The molecule has 0 aliphatic rings. The summed E-state index contributed by atoms with van der Waals surface area (Å²) in [6.45, 7) is 2.56. The first kappa shape index (κ1) is 11.5. The fraction of sp³-hybridized carbons (Fsp3) is 0.250. The minimum atomic E-state index is 0.0960. The maximum Gasteiger partial charge on any atom is 0.0620 e. The predicted molar refractivity (Wildman–Crippen MR) is 63.7 cm³/mol. The van der Waals surface area contributed by atoms with Crippen molar-refractivity contribution in [3.8, 4) is 0 Å². The standard InChI is InChI=1S/C12H16N2O/c1-11(10-14-13-7-8-15)9-12-5-3-2-4-6-12/h2-6,9-10,13,15H,7-8H2,1H3/b11-9+,14-10?. The first-order valence-corrected chi connectivity index (χ1v) is 4.93. The van der Waals surface area contributed by atoms with Crippen molar-refractivity contribution in [2.45, 2.75) is 6.92 Å². The van der Waals surface area contributed by atoms with Gasteiger partial charge in [0.2, 0.25) is 0 Å². The third-order valence-corrected chi connectivity index (χ3v) is 1.78. The van der Waals surface area contributed by atoms with Crippen LogP contribution in [0, 0.1) is 0 Å². The molecule has 0 spiro atoms. The molecule has 0 saturated carbocycles. The van der Waals surface area contributed by atoms with Gasteiger partial charge in [-0.1, -0.05) is 36.4 Å². The minimum absolute atomic E-state index is 0.0960. The quantitative estimate of drug-likeness (QED) is 0.435. The van der Waals surface area contributed by atoms with Gasteiger partial charge in [-0.3, -0.25) is 0 Å². The lowest BCUT2D eigenvalue weighted by Gasteiger charge is -1.96. The van der Waals surface area contributed by atoms with Crippen LogP contribution in [-0.2, 0) is 0 Å². The molecule has 0 unspecified atom stereocenters. The van der Waals surface area contributed by atoms with Crippen molar-refractivity contribution in [1.29, 1.82) is 0 Å². The van der Waals surface area contributed by atoms with E-state index in [1.807, 2.05) is 43.3 Å². The molecule has 1 aromatic carbocycles. The molecule has 0 aromatic heterocycles. The number of benzene rings is 1. The summed E-state index contributed by atoms with van der Waals surface area (Å²) in [5.74, 6) is 0. The molecule has 0 heterocycles. The highest BCUT2D eigenvalue weighted by molar-refractivity contribution is 5.84. The lowest BCUT2D eigenvalue weighted by molar-refractivity contribution is 0.294. The third-order valence-electron chi connectivity index (χ3n) is 1.78. The second kappa shape index (κ2) is 6.79. The van der Waals surface area contributed by atoms with E-state index in [1.54, 1.807) is 6.21 Å². The van der Waals surface area contributed by atoms with Crippen LogP contribution in [-0.4, -0.2) is 24.5 Å². The van der Waals surface area contributed by atoms with Crippen LogP contribution in [0.5, 0.6) is 0 Å². The lowest BCUT2D eigenvalue weighted by Crippen LogP contribution is -2.11. The van der Waals surface area contributed by atoms with E-state index in [0.717, 1.165) is 11.1 Å². The Morgan fingerprint density at radius 2 is 2.13 bits per heavy atom. The molecule has 1 aromatic rings. The summed E-state index contributed by atoms with van der Waals surface area (Å²) in [6, 6.07) is 10.1. The molecule has 3 nitrogen and oxygen atoms in total. The lowest BCUT2D eigenvalue weighted by atomic mass is 10.1. The number of aliphatic hydroxyl groups excluding tert-OH is 1. The van der Waals surface area contributed by atoms with E-state index in [0.29, 0.717) is 6.54 Å². The molecule has 0 saturated heterocycles. The van der Waals surface area contributed by atoms with Crippen molar-refractivity contribution >= 4 is 12.3 Å². The van der Waals surface area contributed by atoms with Gasteiger partial charge in [0.25, 0.3) is 0 Å². The van der Waals surface area contributed by atoms with Gasteiger partial charge in [0.05, 0.1) is 13.2 Å². The van der Waals surface area contributed by atoms with Crippen LogP contribution in [0.3, 0.4) is 0 Å². The van der Waals surface area contributed by atoms with E-state index >= 15 is 0 Å². The Balaban J connectivity index is 2.49. The summed E-state index contributed by atoms with van der Waals surface area (Å²) in [7, 11) is 0. The number of aliphatic hydroxyl groups is 1. The number of allylic oxidation sites excluding steroid dienone is 1. The molecule has 0 fully saturated rings. The van der Waals surface area contributed by atoms with E-state index in [1.165, 1.54) is 0 Å². The molecule has 0 amide bonds. The topological polar surface area (TPSA) is 44.6 Å². The first-order chi connectivity index (χ1) is 7.33. The molecule has 1 rings (SSSR count). The van der Waals surface area contributed by atoms with Crippen LogP contribution in [0.15, 0.2) is 41.0 Å². The Morgan fingerprint density at radius 3 is 2.80 bits per heavy atom. The van der Waals surface area contributed by atoms with Crippen molar-refractivity contribution in [1.82, 2.24) is 5.43 Å². The molecular weight excluding hydrogens is 188 g/mol. The molecular formula is C12H16N2O. The van der Waals surface area contributed by atoms with Crippen LogP contribution in [0.1, 0.15) is 12.5 Å². The number of nitrogens with zero attached hydrogens (tertiary/aromatic N) is 1. The van der Waals surface area contributed by atoms with E-state index in [4.69, 9.17) is 5.11 Å². The summed E-state index contributed by atoms with van der Waals surface area (Å²) in [5, 5.41) is 12.5. The number of hydrogen-bond donors (Lipinski definition) is 2. The summed E-state index contributed by atoms with van der Waals surface area (Å²) >= 11 is 0. The number of hydrazone groups is 1. The van der Waals surface area contributed by atoms with Gasteiger partial charge in [-0.15, -0.1) is 0 Å². The molecule has 2 N–H and O–H groups in total. The first-order valence-electron chi connectivity index (χ1n) is 4.93. The molecule has 80 valence electrons. The molecule has 0 radical (unpaired) electrons. The Labute approximate surface area is 90.1 Å². The molecule has 0 bridgehead atoms. The van der Waals surface area contributed by atoms with Crippen molar-refractivity contribution in [3.05, 3.63) is 41.5 Å². The Morgan fingerprint density at radius 1 is 1.40 bits per heavy atom. The third kappa shape index (κ3) is 4.98. The number of nitrogens with one attached hydrogen (secondary N) is 1. The molecule has 0 aliphatic carbocycles. The SMILES string of the molecule is C/C(C=NNCCO)=C\c1ccccc1. The highest BCUT2D eigenvalue weighted by Gasteiger charge is 1.86. The van der Waals surface area contributed by atoms with Gasteiger partial charge in [0.15, 0.2) is 0 Å². The van der Waals surface area contributed by atoms with Gasteiger partial charge in [-0.05, 0) is 18.1 Å². The van der Waals surface area contributed by atoms with Gasteiger partial charge in [-0.25, -0.2) is 0 Å². The summed E-state index contributed by atoms with van der Waals surface area (Å²) in [6.07, 6.45) is 3.78. The van der Waals surface area contributed by atoms with Gasteiger partial charge >= 0.3 is 0 Å². The maximum absolute atomic E-state index is 8.52. The molecule has 3 heteroatoms. The zero-order valence-electron chi connectivity index (χ0n) is 8.85. The largest absolute Gasteiger partial charge is 0.394 e. The summed E-state index contributed by atoms with van der Waals surface area (Å²) in [4.78, 5) is 0. The minimum Gasteiger partial charge on any atom is -0.394 e. The fourth-order valence-corrected chi connectivity index (χ4v) is 1.11. The molecule has 0 aliphatic heterocycles. The van der Waals surface area contributed by atoms with Crippen LogP contribution in [0.25, 0.3) is 6.08 Å². The number of rotatable bonds is 5. The highest BCUT2D eigenvalue weighted by Crippen LogP contribution is 2.04. The second-order valence-corrected chi connectivity index (χ2v) is 3.19. The van der Waals surface area contributed by atoms with Crippen LogP contribution >= 0.6 is 0 Å². The van der Waals surface area contributed by atoms with Crippen LogP contribution in [0.2, 0.25) is 0 Å². The molecule has 15 heavy (non-hydrogen) atoms. The van der Waals surface area contributed by atoms with E-state index < -0.39 is 0 Å². The zero-order chi connectivity index (χ0) is 10.9. The van der Waals surface area contributed by atoms with Crippen molar-refractivity contribution in [3.63, 3.8) is 0 Å². The highest BCUT2D eigenvalue weighted by atomic mass is 16.3. The van der Waals surface area contributed by atoms with Crippen LogP contribution < -0.4 is 5.43 Å². The summed E-state index contributed by atoms with van der Waals surface area (Å²) < 4.78 is 0. The predicted octanol–water partition coefficient (Wildman–Crippen LogP) is 1.66. The zero-order valence-corrected chi connectivity index (χ0v) is 8.85. The fourth-order valence-electron chi connectivity index (χ4n) is 1.11.